The standard InChI is InChI=1S/C18H28O3/c1-3-14-21-16-10-8-15(9-11-16)17(19)18(20-2)12-6-4-5-7-13-18/h8-11,17,19H,3-7,12-14H2,1-2H3. The molecule has 1 atom stereocenters. The maximum atomic E-state index is 10.8. The molecule has 1 saturated carbocycles. The first-order valence-electron chi connectivity index (χ1n) is 8.18. The molecule has 0 amide bonds. The van der Waals surface area contributed by atoms with Crippen molar-refractivity contribution in [1.82, 2.24) is 0 Å². The number of aliphatic hydroxyl groups is 1. The molecule has 3 nitrogen and oxygen atoms in total. The van der Waals surface area contributed by atoms with Gasteiger partial charge < -0.3 is 14.6 Å². The van der Waals surface area contributed by atoms with E-state index in [2.05, 4.69) is 6.92 Å². The van der Waals surface area contributed by atoms with Crippen LogP contribution in [-0.4, -0.2) is 24.4 Å². The minimum absolute atomic E-state index is 0.428. The zero-order valence-corrected chi connectivity index (χ0v) is 13.3. The predicted molar refractivity (Wildman–Crippen MR) is 84.6 cm³/mol. The van der Waals surface area contributed by atoms with Crippen LogP contribution in [0.5, 0.6) is 5.75 Å². The molecule has 0 aliphatic heterocycles. The quantitative estimate of drug-likeness (QED) is 0.797. The van der Waals surface area contributed by atoms with E-state index in [-0.39, 0.29) is 0 Å². The van der Waals surface area contributed by atoms with Crippen molar-refractivity contribution in [3.05, 3.63) is 29.8 Å². The van der Waals surface area contributed by atoms with Gasteiger partial charge in [0.05, 0.1) is 12.2 Å². The van der Waals surface area contributed by atoms with Crippen LogP contribution in [0.4, 0.5) is 0 Å². The lowest BCUT2D eigenvalue weighted by Gasteiger charge is -2.36. The van der Waals surface area contributed by atoms with Gasteiger partial charge in [0.15, 0.2) is 0 Å². The van der Waals surface area contributed by atoms with Crippen LogP contribution in [0.1, 0.15) is 63.5 Å². The Morgan fingerprint density at radius 2 is 1.71 bits per heavy atom. The second kappa shape index (κ2) is 7.81. The van der Waals surface area contributed by atoms with Crippen LogP contribution in [-0.2, 0) is 4.74 Å². The van der Waals surface area contributed by atoms with Crippen LogP contribution in [0.15, 0.2) is 24.3 Å². The summed E-state index contributed by atoms with van der Waals surface area (Å²) in [6.45, 7) is 2.82. The van der Waals surface area contributed by atoms with E-state index >= 15 is 0 Å². The van der Waals surface area contributed by atoms with Crippen LogP contribution >= 0.6 is 0 Å². The number of methoxy groups -OCH3 is 1. The fraction of sp³-hybridized carbons (Fsp3) is 0.667. The molecule has 1 fully saturated rings. The molecule has 1 aliphatic carbocycles. The monoisotopic (exact) mass is 292 g/mol. The fourth-order valence-corrected chi connectivity index (χ4v) is 3.19. The first kappa shape index (κ1) is 16.3. The van der Waals surface area contributed by atoms with E-state index in [1.165, 1.54) is 12.8 Å². The molecule has 2 rings (SSSR count). The molecule has 0 radical (unpaired) electrons. The average molecular weight is 292 g/mol. The van der Waals surface area contributed by atoms with Gasteiger partial charge in [-0.1, -0.05) is 44.7 Å². The van der Waals surface area contributed by atoms with E-state index < -0.39 is 11.7 Å². The van der Waals surface area contributed by atoms with Crippen LogP contribution in [0.2, 0.25) is 0 Å². The summed E-state index contributed by atoms with van der Waals surface area (Å²) in [5.74, 6) is 0.861. The normalized spacial score (nSPS) is 19.8. The summed E-state index contributed by atoms with van der Waals surface area (Å²) in [7, 11) is 1.73. The molecule has 0 saturated heterocycles. The Morgan fingerprint density at radius 1 is 1.10 bits per heavy atom. The maximum Gasteiger partial charge on any atom is 0.119 e. The van der Waals surface area contributed by atoms with E-state index in [1.807, 2.05) is 24.3 Å². The lowest BCUT2D eigenvalue weighted by molar-refractivity contribution is -0.114. The van der Waals surface area contributed by atoms with Crippen molar-refractivity contribution in [3.63, 3.8) is 0 Å². The first-order chi connectivity index (χ1) is 10.2. The first-order valence-corrected chi connectivity index (χ1v) is 8.18. The number of rotatable bonds is 6. The second-order valence-corrected chi connectivity index (χ2v) is 6.00. The van der Waals surface area contributed by atoms with Crippen molar-refractivity contribution in [2.24, 2.45) is 0 Å². The van der Waals surface area contributed by atoms with Crippen molar-refractivity contribution in [1.29, 1.82) is 0 Å². The van der Waals surface area contributed by atoms with Gasteiger partial charge in [-0.15, -0.1) is 0 Å². The Morgan fingerprint density at radius 3 is 2.24 bits per heavy atom. The van der Waals surface area contributed by atoms with Crippen molar-refractivity contribution in [2.75, 3.05) is 13.7 Å². The number of hydrogen-bond donors (Lipinski definition) is 1. The van der Waals surface area contributed by atoms with Crippen molar-refractivity contribution in [2.45, 2.75) is 63.6 Å². The van der Waals surface area contributed by atoms with Crippen LogP contribution in [0.3, 0.4) is 0 Å². The molecule has 0 spiro atoms. The molecular formula is C18H28O3. The van der Waals surface area contributed by atoms with Gasteiger partial charge in [0.1, 0.15) is 11.9 Å². The summed E-state index contributed by atoms with van der Waals surface area (Å²) >= 11 is 0. The SMILES string of the molecule is CCCOc1ccc(C(O)C2(OC)CCCCCC2)cc1. The van der Waals surface area contributed by atoms with Gasteiger partial charge in [-0.2, -0.15) is 0 Å². The summed E-state index contributed by atoms with van der Waals surface area (Å²) < 4.78 is 11.4. The third-order valence-corrected chi connectivity index (χ3v) is 4.52. The third kappa shape index (κ3) is 3.98. The predicted octanol–water partition coefficient (Wildman–Crippen LogP) is 4.25. The van der Waals surface area contributed by atoms with Crippen LogP contribution in [0.25, 0.3) is 0 Å². The fourth-order valence-electron chi connectivity index (χ4n) is 3.19. The van der Waals surface area contributed by atoms with Gasteiger partial charge in [-0.05, 0) is 37.0 Å². The summed E-state index contributed by atoms with van der Waals surface area (Å²) in [6, 6.07) is 7.80. The van der Waals surface area contributed by atoms with E-state index in [4.69, 9.17) is 9.47 Å². The Bertz CT molecular complexity index is 405. The molecular weight excluding hydrogens is 264 g/mol. The smallest absolute Gasteiger partial charge is 0.119 e. The Hall–Kier alpha value is -1.06. The zero-order chi connectivity index (χ0) is 15.1. The number of benzene rings is 1. The molecule has 1 N–H and O–H groups in total. The maximum absolute atomic E-state index is 10.8. The van der Waals surface area contributed by atoms with Crippen molar-refractivity contribution in [3.8, 4) is 5.75 Å². The third-order valence-electron chi connectivity index (χ3n) is 4.52. The van der Waals surface area contributed by atoms with Gasteiger partial charge in [0, 0.05) is 7.11 Å². The minimum Gasteiger partial charge on any atom is -0.494 e. The van der Waals surface area contributed by atoms with E-state index in [9.17, 15) is 5.11 Å². The Labute approximate surface area is 128 Å². The van der Waals surface area contributed by atoms with E-state index in [0.29, 0.717) is 0 Å². The van der Waals surface area contributed by atoms with Gasteiger partial charge in [0.25, 0.3) is 0 Å². The van der Waals surface area contributed by atoms with E-state index in [1.54, 1.807) is 7.11 Å². The minimum atomic E-state index is -0.569. The highest BCUT2D eigenvalue weighted by molar-refractivity contribution is 5.30. The Balaban J connectivity index is 2.11. The molecule has 3 heteroatoms. The molecule has 118 valence electrons. The summed E-state index contributed by atoms with van der Waals surface area (Å²) in [4.78, 5) is 0. The molecule has 0 aromatic heterocycles. The average Bonchev–Trinajstić information content (AvgIpc) is 2.79. The van der Waals surface area contributed by atoms with Crippen molar-refractivity contribution >= 4 is 0 Å². The lowest BCUT2D eigenvalue weighted by atomic mass is 9.84. The van der Waals surface area contributed by atoms with Gasteiger partial charge in [-0.3, -0.25) is 0 Å². The summed E-state index contributed by atoms with van der Waals surface area (Å²) in [5, 5.41) is 10.8. The molecule has 0 bridgehead atoms. The Kier molecular flexibility index (Phi) is 6.07. The van der Waals surface area contributed by atoms with Gasteiger partial charge in [-0.25, -0.2) is 0 Å². The van der Waals surface area contributed by atoms with Gasteiger partial charge >= 0.3 is 0 Å². The molecule has 0 heterocycles. The second-order valence-electron chi connectivity index (χ2n) is 6.00. The summed E-state index contributed by atoms with van der Waals surface area (Å²) in [6.07, 6.45) is 7.02. The zero-order valence-electron chi connectivity index (χ0n) is 13.3. The molecule has 1 aromatic rings. The topological polar surface area (TPSA) is 38.7 Å². The summed E-state index contributed by atoms with van der Waals surface area (Å²) in [5.41, 5.74) is 0.491. The molecule has 1 aliphatic rings. The molecule has 1 aromatic carbocycles. The van der Waals surface area contributed by atoms with Gasteiger partial charge in [0.2, 0.25) is 0 Å². The largest absolute Gasteiger partial charge is 0.494 e. The number of hydrogen-bond acceptors (Lipinski definition) is 3. The highest BCUT2D eigenvalue weighted by Gasteiger charge is 2.39. The highest BCUT2D eigenvalue weighted by atomic mass is 16.5. The highest BCUT2D eigenvalue weighted by Crippen LogP contribution is 2.40. The van der Waals surface area contributed by atoms with Crippen LogP contribution in [0, 0.1) is 0 Å². The lowest BCUT2D eigenvalue weighted by Crippen LogP contribution is -2.38. The molecule has 1 unspecified atom stereocenters. The molecule has 21 heavy (non-hydrogen) atoms. The number of aliphatic hydroxyl groups excluding tert-OH is 1. The van der Waals surface area contributed by atoms with Crippen LogP contribution < -0.4 is 4.74 Å². The van der Waals surface area contributed by atoms with E-state index in [0.717, 1.165) is 50.0 Å². The number of ether oxygens (including phenoxy) is 2. The van der Waals surface area contributed by atoms with Crippen molar-refractivity contribution < 1.29 is 14.6 Å².